The van der Waals surface area contributed by atoms with Crippen LogP contribution in [0.15, 0.2) is 0 Å². The summed E-state index contributed by atoms with van der Waals surface area (Å²) < 4.78 is 0. The largest absolute Gasteiger partial charge is 0.393 e. The fourth-order valence-electron chi connectivity index (χ4n) is 6.81. The lowest BCUT2D eigenvalue weighted by Gasteiger charge is -2.61. The Morgan fingerprint density at radius 1 is 1.09 bits per heavy atom. The SMILES string of the molecule is CC12CCC(=O)NC1CCC1C2[C@@H](O)CC2(C)C1CC[C@@H]2O. The maximum atomic E-state index is 11.8. The van der Waals surface area contributed by atoms with E-state index in [4.69, 9.17) is 0 Å². The molecule has 4 aliphatic rings. The van der Waals surface area contributed by atoms with Crippen LogP contribution in [0.2, 0.25) is 0 Å². The smallest absolute Gasteiger partial charge is 0.220 e. The first-order chi connectivity index (χ1) is 10.4. The van der Waals surface area contributed by atoms with Gasteiger partial charge in [0.15, 0.2) is 0 Å². The summed E-state index contributed by atoms with van der Waals surface area (Å²) in [7, 11) is 0. The number of amides is 1. The molecule has 1 aliphatic heterocycles. The van der Waals surface area contributed by atoms with Crippen LogP contribution < -0.4 is 5.32 Å². The van der Waals surface area contributed by atoms with Crippen molar-refractivity contribution in [2.75, 3.05) is 0 Å². The average molecular weight is 307 g/mol. The summed E-state index contributed by atoms with van der Waals surface area (Å²) in [5.74, 6) is 1.48. The van der Waals surface area contributed by atoms with E-state index in [0.29, 0.717) is 18.3 Å². The highest BCUT2D eigenvalue weighted by atomic mass is 16.3. The summed E-state index contributed by atoms with van der Waals surface area (Å²) in [5.41, 5.74) is -0.0905. The van der Waals surface area contributed by atoms with Crippen LogP contribution in [0, 0.1) is 28.6 Å². The van der Waals surface area contributed by atoms with Crippen LogP contribution in [0.25, 0.3) is 0 Å². The maximum Gasteiger partial charge on any atom is 0.220 e. The van der Waals surface area contributed by atoms with Crippen LogP contribution in [-0.4, -0.2) is 34.4 Å². The van der Waals surface area contributed by atoms with Crippen molar-refractivity contribution in [3.8, 4) is 0 Å². The summed E-state index contributed by atoms with van der Waals surface area (Å²) in [6, 6.07) is 0.223. The van der Waals surface area contributed by atoms with E-state index >= 15 is 0 Å². The third-order valence-corrected chi connectivity index (χ3v) is 7.97. The van der Waals surface area contributed by atoms with E-state index < -0.39 is 0 Å². The van der Waals surface area contributed by atoms with Gasteiger partial charge in [0.05, 0.1) is 12.2 Å². The molecule has 3 saturated carbocycles. The molecule has 0 bridgehead atoms. The van der Waals surface area contributed by atoms with Gasteiger partial charge in [0.2, 0.25) is 5.91 Å². The number of hydrogen-bond acceptors (Lipinski definition) is 3. The van der Waals surface area contributed by atoms with Crippen molar-refractivity contribution in [3.63, 3.8) is 0 Å². The van der Waals surface area contributed by atoms with Crippen LogP contribution in [0.4, 0.5) is 0 Å². The van der Waals surface area contributed by atoms with E-state index in [1.165, 1.54) is 0 Å². The molecule has 1 heterocycles. The van der Waals surface area contributed by atoms with Gasteiger partial charge in [-0.3, -0.25) is 4.79 Å². The molecule has 0 radical (unpaired) electrons. The van der Waals surface area contributed by atoms with Crippen LogP contribution in [-0.2, 0) is 4.79 Å². The zero-order valence-electron chi connectivity index (χ0n) is 13.7. The lowest BCUT2D eigenvalue weighted by molar-refractivity contribution is -0.169. The van der Waals surface area contributed by atoms with Gasteiger partial charge in [0, 0.05) is 12.5 Å². The Labute approximate surface area is 132 Å². The number of rotatable bonds is 0. The first-order valence-corrected chi connectivity index (χ1v) is 9.02. The summed E-state index contributed by atoms with van der Waals surface area (Å²) in [6.45, 7) is 4.47. The molecule has 1 amide bonds. The Morgan fingerprint density at radius 3 is 2.64 bits per heavy atom. The molecule has 4 rings (SSSR count). The number of piperidine rings is 1. The minimum Gasteiger partial charge on any atom is -0.393 e. The fourth-order valence-corrected chi connectivity index (χ4v) is 6.81. The van der Waals surface area contributed by atoms with E-state index in [9.17, 15) is 15.0 Å². The maximum absolute atomic E-state index is 11.8. The van der Waals surface area contributed by atoms with E-state index in [2.05, 4.69) is 19.2 Å². The van der Waals surface area contributed by atoms with Gasteiger partial charge in [-0.25, -0.2) is 0 Å². The lowest BCUT2D eigenvalue weighted by Crippen LogP contribution is -2.64. The molecule has 0 aromatic heterocycles. The van der Waals surface area contributed by atoms with Gasteiger partial charge < -0.3 is 15.5 Å². The minimum atomic E-state index is -0.346. The minimum absolute atomic E-state index is 0.0190. The number of nitrogens with one attached hydrogen (secondary N) is 1. The average Bonchev–Trinajstić information content (AvgIpc) is 2.75. The van der Waals surface area contributed by atoms with Crippen molar-refractivity contribution < 1.29 is 15.0 Å². The number of aliphatic hydroxyl groups is 2. The molecule has 4 heteroatoms. The monoisotopic (exact) mass is 307 g/mol. The van der Waals surface area contributed by atoms with E-state index in [0.717, 1.165) is 38.5 Å². The summed E-state index contributed by atoms with van der Waals surface area (Å²) in [6.07, 6.45) is 5.68. The van der Waals surface area contributed by atoms with Crippen LogP contribution in [0.3, 0.4) is 0 Å². The second kappa shape index (κ2) is 4.70. The van der Waals surface area contributed by atoms with E-state index in [1.807, 2.05) is 0 Å². The molecular formula is C18H29NO3. The first kappa shape index (κ1) is 14.9. The van der Waals surface area contributed by atoms with Gasteiger partial charge in [0.25, 0.3) is 0 Å². The third-order valence-electron chi connectivity index (χ3n) is 7.97. The predicted molar refractivity (Wildman–Crippen MR) is 82.9 cm³/mol. The molecule has 4 fully saturated rings. The number of fused-ring (bicyclic) bond motifs is 5. The predicted octanol–water partition coefficient (Wildman–Crippen LogP) is 1.84. The topological polar surface area (TPSA) is 69.6 Å². The Kier molecular flexibility index (Phi) is 3.19. The van der Waals surface area contributed by atoms with Crippen molar-refractivity contribution in [3.05, 3.63) is 0 Å². The molecular weight excluding hydrogens is 278 g/mol. The zero-order chi connectivity index (χ0) is 15.7. The van der Waals surface area contributed by atoms with Crippen molar-refractivity contribution in [2.24, 2.45) is 28.6 Å². The molecule has 6 unspecified atom stereocenters. The molecule has 3 aliphatic carbocycles. The highest BCUT2D eigenvalue weighted by Crippen LogP contribution is 2.63. The summed E-state index contributed by atoms with van der Waals surface area (Å²) in [5, 5.41) is 24.6. The Hall–Kier alpha value is -0.610. The zero-order valence-corrected chi connectivity index (χ0v) is 13.7. The van der Waals surface area contributed by atoms with Crippen molar-refractivity contribution in [1.82, 2.24) is 5.32 Å². The fraction of sp³-hybridized carbons (Fsp3) is 0.944. The summed E-state index contributed by atoms with van der Waals surface area (Å²) >= 11 is 0. The normalized spacial score (nSPS) is 57.5. The Morgan fingerprint density at radius 2 is 1.86 bits per heavy atom. The number of hydrogen-bond donors (Lipinski definition) is 3. The van der Waals surface area contributed by atoms with Crippen LogP contribution in [0.5, 0.6) is 0 Å². The van der Waals surface area contributed by atoms with Crippen molar-refractivity contribution in [1.29, 1.82) is 0 Å². The molecule has 3 N–H and O–H groups in total. The highest BCUT2D eigenvalue weighted by molar-refractivity contribution is 5.77. The van der Waals surface area contributed by atoms with Gasteiger partial charge >= 0.3 is 0 Å². The Balaban J connectivity index is 1.69. The van der Waals surface area contributed by atoms with Gasteiger partial charge in [-0.05, 0) is 67.1 Å². The van der Waals surface area contributed by atoms with Crippen LogP contribution in [0.1, 0.15) is 58.8 Å². The second-order valence-corrected chi connectivity index (χ2v) is 8.87. The molecule has 22 heavy (non-hydrogen) atoms. The lowest BCUT2D eigenvalue weighted by atomic mass is 9.46. The number of carbonyl (C=O) groups excluding carboxylic acids is 1. The van der Waals surface area contributed by atoms with E-state index in [1.54, 1.807) is 0 Å². The standard InChI is InChI=1S/C18H29NO3/c1-17-8-7-15(22)19-13(17)5-3-10-11-4-6-14(21)18(11,2)9-12(20)16(10)17/h10-14,16,20-21H,3-9H2,1-2H3,(H,19,22)/t10?,11?,12-,13?,14-,16?,17?,18?/m0/s1. The second-order valence-electron chi connectivity index (χ2n) is 8.87. The highest BCUT2D eigenvalue weighted by Gasteiger charge is 2.63. The van der Waals surface area contributed by atoms with Gasteiger partial charge in [0.1, 0.15) is 0 Å². The molecule has 0 aromatic carbocycles. The molecule has 0 aromatic rings. The summed E-state index contributed by atoms with van der Waals surface area (Å²) in [4.78, 5) is 11.8. The first-order valence-electron chi connectivity index (χ1n) is 9.02. The molecule has 1 saturated heterocycles. The molecule has 0 spiro atoms. The van der Waals surface area contributed by atoms with Gasteiger partial charge in [-0.1, -0.05) is 13.8 Å². The van der Waals surface area contributed by atoms with Crippen molar-refractivity contribution >= 4 is 5.91 Å². The number of carbonyl (C=O) groups is 1. The third kappa shape index (κ3) is 1.80. The molecule has 124 valence electrons. The van der Waals surface area contributed by atoms with Gasteiger partial charge in [-0.2, -0.15) is 0 Å². The van der Waals surface area contributed by atoms with Crippen LogP contribution >= 0.6 is 0 Å². The van der Waals surface area contributed by atoms with Crippen molar-refractivity contribution in [2.45, 2.75) is 77.0 Å². The van der Waals surface area contributed by atoms with Gasteiger partial charge in [-0.15, -0.1) is 0 Å². The van der Waals surface area contributed by atoms with E-state index in [-0.39, 0.29) is 40.9 Å². The molecule has 8 atom stereocenters. The Bertz CT molecular complexity index is 495. The molecule has 4 nitrogen and oxygen atoms in total. The quantitative estimate of drug-likeness (QED) is 0.639. The number of aliphatic hydroxyl groups excluding tert-OH is 2.